The molecule has 0 bridgehead atoms. The second-order valence-electron chi connectivity index (χ2n) is 4.33. The van der Waals surface area contributed by atoms with Gasteiger partial charge in [-0.05, 0) is 19.4 Å². The van der Waals surface area contributed by atoms with Gasteiger partial charge in [0.2, 0.25) is 0 Å². The first kappa shape index (κ1) is 13.1. The van der Waals surface area contributed by atoms with E-state index in [1.165, 1.54) is 11.8 Å². The van der Waals surface area contributed by atoms with Gasteiger partial charge >= 0.3 is 5.97 Å². The van der Waals surface area contributed by atoms with Gasteiger partial charge in [0.15, 0.2) is 5.78 Å². The van der Waals surface area contributed by atoms with E-state index in [1.54, 1.807) is 6.92 Å². The molecule has 1 fully saturated rings. The van der Waals surface area contributed by atoms with Crippen LogP contribution in [0.2, 0.25) is 0 Å². The van der Waals surface area contributed by atoms with Crippen LogP contribution >= 0.6 is 11.8 Å². The number of aryl methyl sites for hydroxylation is 1. The molecule has 0 spiro atoms. The Bertz CT molecular complexity index is 470. The normalized spacial score (nSPS) is 23.1. The van der Waals surface area contributed by atoms with E-state index in [0.29, 0.717) is 12.4 Å². The molecule has 0 aromatic heterocycles. The molecule has 1 aliphatic heterocycles. The predicted molar refractivity (Wildman–Crippen MR) is 71.5 cm³/mol. The zero-order chi connectivity index (χ0) is 13.1. The van der Waals surface area contributed by atoms with Crippen LogP contribution in [-0.4, -0.2) is 24.1 Å². The van der Waals surface area contributed by atoms with Gasteiger partial charge in [-0.3, -0.25) is 9.59 Å². The Kier molecular flexibility index (Phi) is 4.07. The highest BCUT2D eigenvalue weighted by Gasteiger charge is 2.41. The van der Waals surface area contributed by atoms with Crippen LogP contribution in [0, 0.1) is 12.8 Å². The Balaban J connectivity index is 2.14. The summed E-state index contributed by atoms with van der Waals surface area (Å²) in [4.78, 5) is 23.9. The number of carbonyl (C=O) groups is 2. The number of rotatable bonds is 3. The van der Waals surface area contributed by atoms with Crippen molar-refractivity contribution in [2.24, 2.45) is 5.92 Å². The first-order chi connectivity index (χ1) is 8.63. The van der Waals surface area contributed by atoms with E-state index < -0.39 is 5.92 Å². The number of esters is 1. The molecular weight excluding hydrogens is 248 g/mol. The van der Waals surface area contributed by atoms with Gasteiger partial charge in [-0.15, -0.1) is 11.8 Å². The van der Waals surface area contributed by atoms with E-state index in [2.05, 4.69) is 0 Å². The summed E-state index contributed by atoms with van der Waals surface area (Å²) in [5, 5.41) is -0.223. The molecule has 0 radical (unpaired) electrons. The van der Waals surface area contributed by atoms with Crippen molar-refractivity contribution in [2.75, 3.05) is 12.4 Å². The van der Waals surface area contributed by atoms with Crippen molar-refractivity contribution in [3.05, 3.63) is 35.4 Å². The number of hydrogen-bond acceptors (Lipinski definition) is 4. The number of carbonyl (C=O) groups excluding carboxylic acids is 2. The van der Waals surface area contributed by atoms with Crippen molar-refractivity contribution < 1.29 is 14.3 Å². The fraction of sp³-hybridized carbons (Fsp3) is 0.429. The van der Waals surface area contributed by atoms with E-state index >= 15 is 0 Å². The van der Waals surface area contributed by atoms with Gasteiger partial charge in [-0.1, -0.05) is 29.8 Å². The third kappa shape index (κ3) is 2.58. The molecule has 1 saturated heterocycles. The van der Waals surface area contributed by atoms with E-state index in [1.807, 2.05) is 31.2 Å². The molecule has 0 N–H and O–H groups in total. The minimum atomic E-state index is -0.597. The third-order valence-electron chi connectivity index (χ3n) is 2.95. The molecule has 96 valence electrons. The lowest BCUT2D eigenvalue weighted by atomic mass is 9.98. The zero-order valence-electron chi connectivity index (χ0n) is 10.5. The highest BCUT2D eigenvalue weighted by atomic mass is 32.2. The fourth-order valence-electron chi connectivity index (χ4n) is 2.06. The zero-order valence-corrected chi connectivity index (χ0v) is 11.3. The van der Waals surface area contributed by atoms with Crippen molar-refractivity contribution in [1.82, 2.24) is 0 Å². The van der Waals surface area contributed by atoms with Crippen molar-refractivity contribution >= 4 is 23.5 Å². The molecule has 3 nitrogen and oxygen atoms in total. The molecule has 0 aliphatic carbocycles. The Morgan fingerprint density at radius 1 is 1.50 bits per heavy atom. The summed E-state index contributed by atoms with van der Waals surface area (Å²) >= 11 is 1.52. The maximum absolute atomic E-state index is 12.2. The van der Waals surface area contributed by atoms with E-state index in [0.717, 1.165) is 11.1 Å². The number of Topliss-reactive ketones (excluding diaryl/α,β-unsaturated/α-hetero) is 1. The van der Waals surface area contributed by atoms with Gasteiger partial charge in [-0.25, -0.2) is 0 Å². The van der Waals surface area contributed by atoms with Gasteiger partial charge in [0.05, 0.1) is 11.9 Å². The Morgan fingerprint density at radius 3 is 2.94 bits per heavy atom. The molecule has 4 heteroatoms. The summed E-state index contributed by atoms with van der Waals surface area (Å²) in [6, 6.07) is 7.88. The highest BCUT2D eigenvalue weighted by Crippen LogP contribution is 2.40. The lowest BCUT2D eigenvalue weighted by molar-refractivity contribution is -0.150. The summed E-state index contributed by atoms with van der Waals surface area (Å²) in [6.45, 7) is 4.07. The van der Waals surface area contributed by atoms with Gasteiger partial charge in [-0.2, -0.15) is 0 Å². The van der Waals surface area contributed by atoms with Crippen molar-refractivity contribution in [1.29, 1.82) is 0 Å². The Morgan fingerprint density at radius 2 is 2.28 bits per heavy atom. The van der Waals surface area contributed by atoms with E-state index in [-0.39, 0.29) is 17.0 Å². The van der Waals surface area contributed by atoms with Crippen LogP contribution in [0.3, 0.4) is 0 Å². The number of benzene rings is 1. The predicted octanol–water partition coefficient (Wildman–Crippen LogP) is 2.53. The molecule has 2 unspecified atom stereocenters. The summed E-state index contributed by atoms with van der Waals surface area (Å²) in [7, 11) is 0. The monoisotopic (exact) mass is 264 g/mol. The highest BCUT2D eigenvalue weighted by molar-refractivity contribution is 8.00. The van der Waals surface area contributed by atoms with Gasteiger partial charge in [0.25, 0.3) is 0 Å². The first-order valence-electron chi connectivity index (χ1n) is 6.02. The maximum atomic E-state index is 12.2. The number of thioether (sulfide) groups is 1. The summed E-state index contributed by atoms with van der Waals surface area (Å²) in [5.41, 5.74) is 2.11. The molecule has 1 aliphatic rings. The molecule has 2 rings (SSSR count). The molecule has 18 heavy (non-hydrogen) atoms. The molecular formula is C14H16O3S. The second kappa shape index (κ2) is 5.57. The van der Waals surface area contributed by atoms with Crippen molar-refractivity contribution in [2.45, 2.75) is 19.1 Å². The van der Waals surface area contributed by atoms with E-state index in [4.69, 9.17) is 4.74 Å². The molecule has 1 heterocycles. The molecule has 2 atom stereocenters. The van der Waals surface area contributed by atoms with Gasteiger partial charge in [0.1, 0.15) is 5.92 Å². The van der Waals surface area contributed by atoms with Crippen molar-refractivity contribution in [3.8, 4) is 0 Å². The fourth-order valence-corrected chi connectivity index (χ4v) is 3.41. The topological polar surface area (TPSA) is 43.4 Å². The molecule has 1 aromatic rings. The second-order valence-corrected chi connectivity index (χ2v) is 5.47. The summed E-state index contributed by atoms with van der Waals surface area (Å²) < 4.78 is 4.93. The molecule has 0 saturated carbocycles. The van der Waals surface area contributed by atoms with Gasteiger partial charge in [0, 0.05) is 5.75 Å². The standard InChI is InChI=1S/C14H16O3S/c1-3-17-14(16)11-8-18-13(12(11)15)10-6-4-5-9(2)7-10/h4-7,11,13H,3,8H2,1-2H3. The van der Waals surface area contributed by atoms with Crippen LogP contribution in [0.4, 0.5) is 0 Å². The minimum Gasteiger partial charge on any atom is -0.465 e. The van der Waals surface area contributed by atoms with Crippen molar-refractivity contribution in [3.63, 3.8) is 0 Å². The van der Waals surface area contributed by atoms with Crippen LogP contribution in [0.1, 0.15) is 23.3 Å². The lowest BCUT2D eigenvalue weighted by Crippen LogP contribution is -2.25. The minimum absolute atomic E-state index is 0.0240. The number of ether oxygens (including phenoxy) is 1. The number of ketones is 1. The third-order valence-corrected chi connectivity index (χ3v) is 4.31. The Labute approximate surface area is 111 Å². The SMILES string of the molecule is CCOC(=O)C1CSC(c2cccc(C)c2)C1=O. The molecule has 0 amide bonds. The quantitative estimate of drug-likeness (QED) is 0.621. The van der Waals surface area contributed by atoms with Crippen LogP contribution in [0.15, 0.2) is 24.3 Å². The molecule has 1 aromatic carbocycles. The largest absolute Gasteiger partial charge is 0.465 e. The van der Waals surface area contributed by atoms with Crippen LogP contribution < -0.4 is 0 Å². The van der Waals surface area contributed by atoms with Crippen LogP contribution in [-0.2, 0) is 14.3 Å². The smallest absolute Gasteiger partial charge is 0.317 e. The van der Waals surface area contributed by atoms with E-state index in [9.17, 15) is 9.59 Å². The van der Waals surface area contributed by atoms with Crippen LogP contribution in [0.25, 0.3) is 0 Å². The summed E-state index contributed by atoms with van der Waals surface area (Å²) in [5.74, 6) is -0.481. The Hall–Kier alpha value is -1.29. The van der Waals surface area contributed by atoms with Gasteiger partial charge < -0.3 is 4.74 Å². The van der Waals surface area contributed by atoms with Crippen LogP contribution in [0.5, 0.6) is 0 Å². The average Bonchev–Trinajstić information content (AvgIpc) is 2.71. The lowest BCUT2D eigenvalue weighted by Gasteiger charge is -2.10. The first-order valence-corrected chi connectivity index (χ1v) is 7.07. The maximum Gasteiger partial charge on any atom is 0.317 e. The summed E-state index contributed by atoms with van der Waals surface area (Å²) in [6.07, 6.45) is 0. The average molecular weight is 264 g/mol. The number of hydrogen-bond donors (Lipinski definition) is 0.